The summed E-state index contributed by atoms with van der Waals surface area (Å²) in [6.07, 6.45) is 0. The third-order valence-corrected chi connectivity index (χ3v) is 3.37. The van der Waals surface area contributed by atoms with Crippen LogP contribution in [0.4, 0.5) is 10.1 Å². The van der Waals surface area contributed by atoms with E-state index in [1.54, 1.807) is 6.07 Å². The fourth-order valence-corrected chi connectivity index (χ4v) is 2.08. The zero-order valence-electron chi connectivity index (χ0n) is 9.98. The predicted molar refractivity (Wildman–Crippen MR) is 76.5 cm³/mol. The number of nitro benzene ring substituents is 1. The van der Waals surface area contributed by atoms with Gasteiger partial charge in [0.05, 0.1) is 9.95 Å². The van der Waals surface area contributed by atoms with E-state index >= 15 is 0 Å². The van der Waals surface area contributed by atoms with Gasteiger partial charge in [-0.2, -0.15) is 0 Å². The summed E-state index contributed by atoms with van der Waals surface area (Å²) in [7, 11) is 0. The molecule has 0 aliphatic heterocycles. The molecule has 0 heterocycles. The molecule has 2 aromatic carbocycles. The summed E-state index contributed by atoms with van der Waals surface area (Å²) in [5, 5.41) is 10.8. The van der Waals surface area contributed by atoms with Crippen molar-refractivity contribution in [3.8, 4) is 5.75 Å². The van der Waals surface area contributed by atoms with Crippen LogP contribution in [0.5, 0.6) is 5.75 Å². The van der Waals surface area contributed by atoms with Gasteiger partial charge in [0.2, 0.25) is 0 Å². The first kappa shape index (κ1) is 14.7. The number of halogens is 3. The number of hydrogen-bond acceptors (Lipinski definition) is 3. The molecule has 0 unspecified atom stereocenters. The lowest BCUT2D eigenvalue weighted by Crippen LogP contribution is -1.99. The maximum atomic E-state index is 13.5. The molecule has 20 heavy (non-hydrogen) atoms. The number of ether oxygens (including phenoxy) is 1. The normalized spacial score (nSPS) is 10.3. The van der Waals surface area contributed by atoms with Gasteiger partial charge in [0.1, 0.15) is 6.61 Å². The summed E-state index contributed by atoms with van der Waals surface area (Å²) in [6.45, 7) is 0.0181. The summed E-state index contributed by atoms with van der Waals surface area (Å²) in [5.41, 5.74) is 0.434. The number of hydrogen-bond donors (Lipinski definition) is 0. The second-order valence-corrected chi connectivity index (χ2v) is 5.22. The van der Waals surface area contributed by atoms with Crippen LogP contribution >= 0.6 is 27.5 Å². The Hall–Kier alpha value is -1.66. The topological polar surface area (TPSA) is 52.4 Å². The van der Waals surface area contributed by atoms with Gasteiger partial charge in [-0.25, -0.2) is 4.39 Å². The summed E-state index contributed by atoms with van der Waals surface area (Å²) in [6, 6.07) is 8.36. The average Bonchev–Trinajstić information content (AvgIpc) is 2.40. The number of nitrogens with zero attached hydrogens (tertiary/aromatic N) is 1. The average molecular weight is 361 g/mol. The summed E-state index contributed by atoms with van der Waals surface area (Å²) < 4.78 is 19.5. The molecule has 0 spiro atoms. The smallest absolute Gasteiger partial charge is 0.270 e. The second-order valence-electron chi connectivity index (χ2n) is 3.90. The van der Waals surface area contributed by atoms with Gasteiger partial charge in [0.15, 0.2) is 11.6 Å². The van der Waals surface area contributed by atoms with Crippen molar-refractivity contribution in [1.29, 1.82) is 0 Å². The maximum absolute atomic E-state index is 13.5. The molecule has 4 nitrogen and oxygen atoms in total. The van der Waals surface area contributed by atoms with Gasteiger partial charge in [-0.05, 0) is 24.3 Å². The molecule has 0 aliphatic rings. The van der Waals surface area contributed by atoms with Crippen molar-refractivity contribution in [2.45, 2.75) is 6.61 Å². The van der Waals surface area contributed by atoms with Crippen molar-refractivity contribution in [3.63, 3.8) is 0 Å². The Morgan fingerprint density at radius 3 is 2.70 bits per heavy atom. The first-order valence-electron chi connectivity index (χ1n) is 5.48. The first-order chi connectivity index (χ1) is 9.47. The Bertz CT molecular complexity index is 666. The third kappa shape index (κ3) is 3.46. The minimum absolute atomic E-state index is 0.0181. The van der Waals surface area contributed by atoms with Gasteiger partial charge in [-0.15, -0.1) is 0 Å². The van der Waals surface area contributed by atoms with E-state index in [0.29, 0.717) is 10.0 Å². The molecule has 104 valence electrons. The zero-order chi connectivity index (χ0) is 14.7. The Labute approximate surface area is 127 Å². The standard InChI is InChI=1S/C13H8BrClFNO3/c14-9-2-4-12(16)13(5-9)20-7-8-1-3-10(17(18)19)6-11(8)15/h1-6H,7H2. The third-order valence-electron chi connectivity index (χ3n) is 2.52. The molecule has 0 saturated carbocycles. The van der Waals surface area contributed by atoms with Crippen molar-refractivity contribution >= 4 is 33.2 Å². The summed E-state index contributed by atoms with van der Waals surface area (Å²) in [4.78, 5) is 10.0. The second kappa shape index (κ2) is 6.19. The van der Waals surface area contributed by atoms with E-state index in [2.05, 4.69) is 15.9 Å². The molecule has 0 saturated heterocycles. The van der Waals surface area contributed by atoms with Crippen LogP contribution in [0.3, 0.4) is 0 Å². The van der Waals surface area contributed by atoms with E-state index in [-0.39, 0.29) is 23.1 Å². The van der Waals surface area contributed by atoms with E-state index in [4.69, 9.17) is 16.3 Å². The highest BCUT2D eigenvalue weighted by Gasteiger charge is 2.11. The monoisotopic (exact) mass is 359 g/mol. The van der Waals surface area contributed by atoms with Gasteiger partial charge in [-0.1, -0.05) is 27.5 Å². The van der Waals surface area contributed by atoms with Gasteiger partial charge in [0.25, 0.3) is 5.69 Å². The molecular weight excluding hydrogens is 353 g/mol. The van der Waals surface area contributed by atoms with Gasteiger partial charge < -0.3 is 4.74 Å². The molecule has 0 N–H and O–H groups in total. The Kier molecular flexibility index (Phi) is 4.57. The van der Waals surface area contributed by atoms with Crippen LogP contribution in [-0.2, 0) is 6.61 Å². The van der Waals surface area contributed by atoms with Crippen molar-refractivity contribution in [2.75, 3.05) is 0 Å². The minimum Gasteiger partial charge on any atom is -0.486 e. The van der Waals surface area contributed by atoms with Crippen LogP contribution in [0.2, 0.25) is 5.02 Å². The Morgan fingerprint density at radius 1 is 1.30 bits per heavy atom. The van der Waals surface area contributed by atoms with Crippen LogP contribution < -0.4 is 4.74 Å². The van der Waals surface area contributed by atoms with Crippen molar-refractivity contribution in [2.24, 2.45) is 0 Å². The lowest BCUT2D eigenvalue weighted by Gasteiger charge is -2.09. The lowest BCUT2D eigenvalue weighted by atomic mass is 10.2. The number of non-ortho nitro benzene ring substituents is 1. The molecule has 7 heteroatoms. The van der Waals surface area contributed by atoms with Crippen molar-refractivity contribution in [1.82, 2.24) is 0 Å². The quantitative estimate of drug-likeness (QED) is 0.585. The first-order valence-corrected chi connectivity index (χ1v) is 6.65. The van der Waals surface area contributed by atoms with Crippen LogP contribution in [0.25, 0.3) is 0 Å². The van der Waals surface area contributed by atoms with E-state index in [1.165, 1.54) is 30.3 Å². The number of rotatable bonds is 4. The molecule has 2 rings (SSSR count). The summed E-state index contributed by atoms with van der Waals surface area (Å²) >= 11 is 9.14. The molecule has 2 aromatic rings. The van der Waals surface area contributed by atoms with Gasteiger partial charge in [-0.3, -0.25) is 10.1 Å². The highest BCUT2D eigenvalue weighted by atomic mass is 79.9. The molecule has 0 aliphatic carbocycles. The lowest BCUT2D eigenvalue weighted by molar-refractivity contribution is -0.384. The Balaban J connectivity index is 2.15. The van der Waals surface area contributed by atoms with Crippen molar-refractivity contribution in [3.05, 3.63) is 67.4 Å². The molecule has 0 amide bonds. The number of nitro groups is 1. The van der Waals surface area contributed by atoms with E-state index in [0.717, 1.165) is 0 Å². The fourth-order valence-electron chi connectivity index (χ4n) is 1.51. The zero-order valence-corrected chi connectivity index (χ0v) is 12.3. The van der Waals surface area contributed by atoms with Crippen LogP contribution in [-0.4, -0.2) is 4.92 Å². The van der Waals surface area contributed by atoms with Crippen LogP contribution in [0, 0.1) is 15.9 Å². The SMILES string of the molecule is O=[N+]([O-])c1ccc(COc2cc(Br)ccc2F)c(Cl)c1. The van der Waals surface area contributed by atoms with Gasteiger partial charge >= 0.3 is 0 Å². The van der Waals surface area contributed by atoms with E-state index < -0.39 is 10.7 Å². The van der Waals surface area contributed by atoms with E-state index in [1.807, 2.05) is 0 Å². The fraction of sp³-hybridized carbons (Fsp3) is 0.0769. The largest absolute Gasteiger partial charge is 0.486 e. The van der Waals surface area contributed by atoms with Gasteiger partial charge in [0, 0.05) is 22.2 Å². The highest BCUT2D eigenvalue weighted by Crippen LogP contribution is 2.26. The van der Waals surface area contributed by atoms with Crippen LogP contribution in [0.15, 0.2) is 40.9 Å². The molecule has 0 atom stereocenters. The number of benzene rings is 2. The van der Waals surface area contributed by atoms with Crippen LogP contribution in [0.1, 0.15) is 5.56 Å². The van der Waals surface area contributed by atoms with Crippen molar-refractivity contribution < 1.29 is 14.1 Å². The minimum atomic E-state index is -0.537. The highest BCUT2D eigenvalue weighted by molar-refractivity contribution is 9.10. The molecule has 0 radical (unpaired) electrons. The maximum Gasteiger partial charge on any atom is 0.270 e. The molecule has 0 fully saturated rings. The Morgan fingerprint density at radius 2 is 2.05 bits per heavy atom. The van der Waals surface area contributed by atoms with E-state index in [9.17, 15) is 14.5 Å². The molecule has 0 bridgehead atoms. The molecular formula is C13H8BrClFNO3. The summed E-state index contributed by atoms with van der Waals surface area (Å²) in [5.74, 6) is -0.417. The predicted octanol–water partition coefficient (Wildman–Crippen LogP) is 4.73. The molecule has 0 aromatic heterocycles.